The lowest BCUT2D eigenvalue weighted by Gasteiger charge is -2.47. The first kappa shape index (κ1) is 38.1. The Morgan fingerprint density at radius 2 is 1.63 bits per heavy atom. The molecule has 0 bridgehead atoms. The Hall–Kier alpha value is -4.15. The third-order valence-corrected chi connectivity index (χ3v) is 10.3. The number of β-amino-alcohol motifs (C(OH)–C–C–N with tert-alkyl or cyclic N) is 1. The molecular weight excluding hydrogens is 642 g/mol. The number of aliphatic hydroxyl groups excluding tert-OH is 1. The standard InChI is InChI=1S/C41H55N5O5/c1-5-42-38(49)24-31(23-36(47)33-20-19-28-15-11-12-18-32(28)43-33)39(50)44-34(21-27-13-7-6-8-14-27)37(48)26-46-25-30-17-10-9-16-29(30)22-35(46)40(51)45-41(2,3)4/h6-8,11-15,18-20,29-31,34-35,37,48H,5,9-10,16-17,21-26H2,1-4H3,(H,42,49)(H,44,50)(H,45,51). The molecule has 2 heterocycles. The average Bonchev–Trinajstić information content (AvgIpc) is 3.10. The van der Waals surface area contributed by atoms with E-state index in [9.17, 15) is 24.3 Å². The Balaban J connectivity index is 1.37. The molecule has 0 radical (unpaired) electrons. The summed E-state index contributed by atoms with van der Waals surface area (Å²) < 4.78 is 0. The lowest BCUT2D eigenvalue weighted by molar-refractivity contribution is -0.134. The van der Waals surface area contributed by atoms with Gasteiger partial charge in [-0.15, -0.1) is 0 Å². The number of fused-ring (bicyclic) bond motifs is 2. The third-order valence-electron chi connectivity index (χ3n) is 10.3. The summed E-state index contributed by atoms with van der Waals surface area (Å²) in [6, 6.07) is 19.5. The van der Waals surface area contributed by atoms with Crippen molar-refractivity contribution in [3.63, 3.8) is 0 Å². The van der Waals surface area contributed by atoms with Crippen molar-refractivity contribution >= 4 is 34.4 Å². The van der Waals surface area contributed by atoms with E-state index in [1.807, 2.05) is 81.4 Å². The SMILES string of the molecule is CCNC(=O)CC(CC(=O)c1ccc2ccccc2n1)C(=O)NC(Cc1ccccc1)C(O)CN1CC2CCCCC2CC1C(=O)NC(C)(C)C. The van der Waals surface area contributed by atoms with Gasteiger partial charge in [0.1, 0.15) is 5.69 Å². The van der Waals surface area contributed by atoms with E-state index in [2.05, 4.69) is 25.8 Å². The van der Waals surface area contributed by atoms with E-state index in [-0.39, 0.29) is 48.7 Å². The van der Waals surface area contributed by atoms with Crippen molar-refractivity contribution in [2.75, 3.05) is 19.6 Å². The summed E-state index contributed by atoms with van der Waals surface area (Å²) in [7, 11) is 0. The number of aliphatic hydroxyl groups is 1. The lowest BCUT2D eigenvalue weighted by Crippen LogP contribution is -2.60. The third kappa shape index (κ3) is 10.7. The summed E-state index contributed by atoms with van der Waals surface area (Å²) in [6.45, 7) is 9.02. The summed E-state index contributed by atoms with van der Waals surface area (Å²) in [5, 5.41) is 21.8. The van der Waals surface area contributed by atoms with Gasteiger partial charge in [-0.25, -0.2) is 4.98 Å². The molecule has 3 amide bonds. The van der Waals surface area contributed by atoms with Gasteiger partial charge in [-0.1, -0.05) is 73.9 Å². The summed E-state index contributed by atoms with van der Waals surface area (Å²) in [4.78, 5) is 60.8. The summed E-state index contributed by atoms with van der Waals surface area (Å²) in [5.41, 5.74) is 1.43. The van der Waals surface area contributed by atoms with Crippen LogP contribution in [0.1, 0.15) is 88.7 Å². The van der Waals surface area contributed by atoms with E-state index < -0.39 is 29.5 Å². The number of piperidine rings is 1. The van der Waals surface area contributed by atoms with Gasteiger partial charge in [-0.05, 0) is 76.5 Å². The van der Waals surface area contributed by atoms with Crippen molar-refractivity contribution in [3.8, 4) is 0 Å². The number of para-hydroxylation sites is 1. The van der Waals surface area contributed by atoms with Crippen LogP contribution in [0.25, 0.3) is 10.9 Å². The molecule has 4 N–H and O–H groups in total. The molecule has 274 valence electrons. The van der Waals surface area contributed by atoms with Gasteiger partial charge in [0.05, 0.1) is 29.6 Å². The predicted molar refractivity (Wildman–Crippen MR) is 199 cm³/mol. The molecule has 51 heavy (non-hydrogen) atoms. The maximum Gasteiger partial charge on any atom is 0.237 e. The number of rotatable bonds is 14. The molecule has 1 saturated heterocycles. The first-order valence-corrected chi connectivity index (χ1v) is 18.6. The average molecular weight is 698 g/mol. The highest BCUT2D eigenvalue weighted by atomic mass is 16.3. The van der Waals surface area contributed by atoms with Crippen LogP contribution in [-0.4, -0.2) is 81.9 Å². The van der Waals surface area contributed by atoms with Gasteiger partial charge in [0.25, 0.3) is 0 Å². The summed E-state index contributed by atoms with van der Waals surface area (Å²) in [5.74, 6) is -1.23. The first-order chi connectivity index (χ1) is 24.4. The predicted octanol–water partition coefficient (Wildman–Crippen LogP) is 4.83. The zero-order valence-corrected chi connectivity index (χ0v) is 30.6. The van der Waals surface area contributed by atoms with Crippen molar-refractivity contribution in [2.45, 2.75) is 103 Å². The van der Waals surface area contributed by atoms with Crippen LogP contribution in [0.3, 0.4) is 0 Å². The largest absolute Gasteiger partial charge is 0.390 e. The molecule has 10 heteroatoms. The smallest absolute Gasteiger partial charge is 0.237 e. The number of hydrogen-bond donors (Lipinski definition) is 4. The number of nitrogens with zero attached hydrogens (tertiary/aromatic N) is 2. The van der Waals surface area contributed by atoms with E-state index in [0.29, 0.717) is 36.9 Å². The Bertz CT molecular complexity index is 1660. The number of benzene rings is 2. The van der Waals surface area contributed by atoms with Gasteiger partial charge < -0.3 is 21.1 Å². The van der Waals surface area contributed by atoms with E-state index in [0.717, 1.165) is 30.2 Å². The van der Waals surface area contributed by atoms with Crippen LogP contribution in [0.2, 0.25) is 0 Å². The minimum absolute atomic E-state index is 0.0369. The van der Waals surface area contributed by atoms with Gasteiger partial charge >= 0.3 is 0 Å². The molecular formula is C41H55N5O5. The Labute approximate surface area is 302 Å². The fourth-order valence-corrected chi connectivity index (χ4v) is 7.75. The first-order valence-electron chi connectivity index (χ1n) is 18.6. The van der Waals surface area contributed by atoms with Crippen LogP contribution in [0.4, 0.5) is 0 Å². The molecule has 1 saturated carbocycles. The molecule has 3 aromatic rings. The fourth-order valence-electron chi connectivity index (χ4n) is 7.75. The molecule has 2 aromatic carbocycles. The van der Waals surface area contributed by atoms with Gasteiger partial charge in [0.2, 0.25) is 17.7 Å². The number of Topliss-reactive ketones (excluding diaryl/α,β-unsaturated/α-hetero) is 1. The number of pyridine rings is 1. The minimum atomic E-state index is -1.03. The maximum absolute atomic E-state index is 14.1. The molecule has 10 nitrogen and oxygen atoms in total. The number of ketones is 1. The van der Waals surface area contributed by atoms with E-state index in [1.54, 1.807) is 13.0 Å². The van der Waals surface area contributed by atoms with E-state index in [4.69, 9.17) is 0 Å². The minimum Gasteiger partial charge on any atom is -0.390 e. The number of carbonyl (C=O) groups excluding carboxylic acids is 4. The zero-order chi connectivity index (χ0) is 36.5. The number of hydrogen-bond acceptors (Lipinski definition) is 7. The molecule has 6 atom stereocenters. The molecule has 1 aromatic heterocycles. The number of amides is 3. The summed E-state index contributed by atoms with van der Waals surface area (Å²) in [6.07, 6.45) is 4.23. The molecule has 2 fully saturated rings. The van der Waals surface area contributed by atoms with E-state index in [1.165, 1.54) is 12.8 Å². The van der Waals surface area contributed by atoms with Gasteiger partial charge in [-0.3, -0.25) is 24.1 Å². The quantitative estimate of drug-likeness (QED) is 0.177. The number of nitrogens with one attached hydrogen (secondary N) is 3. The highest BCUT2D eigenvalue weighted by molar-refractivity contribution is 5.99. The summed E-state index contributed by atoms with van der Waals surface area (Å²) >= 11 is 0. The van der Waals surface area contributed by atoms with Crippen LogP contribution >= 0.6 is 0 Å². The highest BCUT2D eigenvalue weighted by Gasteiger charge is 2.42. The maximum atomic E-state index is 14.1. The van der Waals surface area contributed by atoms with Crippen molar-refractivity contribution in [2.24, 2.45) is 17.8 Å². The van der Waals surface area contributed by atoms with E-state index >= 15 is 0 Å². The molecule has 1 aliphatic carbocycles. The van der Waals surface area contributed by atoms with Crippen LogP contribution in [0.5, 0.6) is 0 Å². The van der Waals surface area contributed by atoms with Crippen molar-refractivity contribution in [1.29, 1.82) is 0 Å². The normalized spacial score (nSPS) is 21.2. The van der Waals surface area contributed by atoms with Crippen LogP contribution in [0, 0.1) is 17.8 Å². The molecule has 2 aliphatic rings. The van der Waals surface area contributed by atoms with Gasteiger partial charge in [0, 0.05) is 43.4 Å². The molecule has 5 rings (SSSR count). The van der Waals surface area contributed by atoms with Crippen molar-refractivity contribution in [1.82, 2.24) is 25.8 Å². The van der Waals surface area contributed by atoms with Gasteiger partial charge in [-0.2, -0.15) is 0 Å². The second-order valence-corrected chi connectivity index (χ2v) is 15.5. The second kappa shape index (κ2) is 17.4. The van der Waals surface area contributed by atoms with Crippen LogP contribution in [0.15, 0.2) is 66.7 Å². The Kier molecular flexibility index (Phi) is 13.0. The Morgan fingerprint density at radius 1 is 0.922 bits per heavy atom. The van der Waals surface area contributed by atoms with Crippen LogP contribution in [-0.2, 0) is 20.8 Å². The van der Waals surface area contributed by atoms with Crippen molar-refractivity contribution < 1.29 is 24.3 Å². The number of aromatic nitrogens is 1. The number of likely N-dealkylation sites (tertiary alicyclic amines) is 1. The molecule has 1 aliphatic heterocycles. The van der Waals surface area contributed by atoms with Crippen LogP contribution < -0.4 is 16.0 Å². The zero-order valence-electron chi connectivity index (χ0n) is 30.6. The highest BCUT2D eigenvalue weighted by Crippen LogP contribution is 2.39. The number of carbonyl (C=O) groups is 4. The van der Waals surface area contributed by atoms with Gasteiger partial charge in [0.15, 0.2) is 5.78 Å². The van der Waals surface area contributed by atoms with Crippen molar-refractivity contribution in [3.05, 3.63) is 78.0 Å². The molecule has 0 spiro atoms. The Morgan fingerprint density at radius 3 is 2.35 bits per heavy atom. The topological polar surface area (TPSA) is 141 Å². The molecule has 6 unspecified atom stereocenters. The second-order valence-electron chi connectivity index (χ2n) is 15.5. The fraction of sp³-hybridized carbons (Fsp3) is 0.537. The lowest BCUT2D eigenvalue weighted by atomic mass is 9.72. The monoisotopic (exact) mass is 697 g/mol.